The van der Waals surface area contributed by atoms with Crippen LogP contribution in [0.2, 0.25) is 0 Å². The van der Waals surface area contributed by atoms with Crippen LogP contribution in [0.3, 0.4) is 0 Å². The normalized spacial score (nSPS) is 13.8. The molecule has 0 atom stereocenters. The summed E-state index contributed by atoms with van der Waals surface area (Å²) in [6.07, 6.45) is 5.16. The lowest BCUT2D eigenvalue weighted by Crippen LogP contribution is -2.08. The largest absolute Gasteiger partial charge is 0.452 e. The van der Waals surface area contributed by atoms with E-state index in [1.54, 1.807) is 12.2 Å². The van der Waals surface area contributed by atoms with E-state index in [0.29, 0.717) is 11.3 Å². The zero-order chi connectivity index (χ0) is 21.8. The van der Waals surface area contributed by atoms with Crippen molar-refractivity contribution < 1.29 is 24.0 Å². The lowest BCUT2D eigenvalue weighted by molar-refractivity contribution is -0.384. The van der Waals surface area contributed by atoms with Crippen LogP contribution >= 0.6 is 0 Å². The van der Waals surface area contributed by atoms with E-state index in [1.165, 1.54) is 42.5 Å². The fourth-order valence-electron chi connectivity index (χ4n) is 2.94. The van der Waals surface area contributed by atoms with Gasteiger partial charge in [0.2, 0.25) is 5.78 Å². The molecule has 0 unspecified atom stereocenters. The fraction of sp³-hybridized carbons (Fsp3) is 0. The van der Waals surface area contributed by atoms with Crippen molar-refractivity contribution in [1.29, 1.82) is 0 Å². The maximum absolute atomic E-state index is 12.5. The Bertz CT molecular complexity index is 1230. The van der Waals surface area contributed by atoms with Gasteiger partial charge in [-0.2, -0.15) is 0 Å². The van der Waals surface area contributed by atoms with Crippen molar-refractivity contribution in [2.75, 3.05) is 0 Å². The van der Waals surface area contributed by atoms with Gasteiger partial charge in [-0.1, -0.05) is 42.5 Å². The second-order valence-corrected chi connectivity index (χ2v) is 6.58. The maximum Gasteiger partial charge on any atom is 0.343 e. The van der Waals surface area contributed by atoms with Crippen LogP contribution in [0.4, 0.5) is 5.69 Å². The Morgan fingerprint density at radius 1 is 1.00 bits per heavy atom. The minimum atomic E-state index is -0.680. The molecular weight excluding hydrogens is 398 g/mol. The average molecular weight is 413 g/mol. The highest BCUT2D eigenvalue weighted by Crippen LogP contribution is 2.34. The Hall–Kier alpha value is -4.52. The number of esters is 1. The molecule has 0 fully saturated rings. The second kappa shape index (κ2) is 8.46. The summed E-state index contributed by atoms with van der Waals surface area (Å²) in [6, 6.07) is 19.2. The molecule has 1 aliphatic rings. The Balaban J connectivity index is 1.46. The van der Waals surface area contributed by atoms with E-state index in [2.05, 4.69) is 0 Å². The fourth-order valence-corrected chi connectivity index (χ4v) is 2.94. The van der Waals surface area contributed by atoms with Gasteiger partial charge in [0.1, 0.15) is 11.5 Å². The summed E-state index contributed by atoms with van der Waals surface area (Å²) < 4.78 is 10.9. The number of nitro groups is 1. The van der Waals surface area contributed by atoms with Gasteiger partial charge in [-0.25, -0.2) is 4.79 Å². The third kappa shape index (κ3) is 4.40. The van der Waals surface area contributed by atoms with E-state index >= 15 is 0 Å². The smallest absolute Gasteiger partial charge is 0.343 e. The van der Waals surface area contributed by atoms with E-state index in [4.69, 9.17) is 9.47 Å². The molecule has 31 heavy (non-hydrogen) atoms. The predicted octanol–water partition coefficient (Wildman–Crippen LogP) is 4.99. The highest BCUT2D eigenvalue weighted by atomic mass is 16.6. The molecule has 7 heteroatoms. The van der Waals surface area contributed by atoms with Gasteiger partial charge in [-0.3, -0.25) is 14.9 Å². The number of fused-ring (bicyclic) bond motifs is 1. The van der Waals surface area contributed by atoms with E-state index < -0.39 is 10.9 Å². The molecule has 3 aromatic carbocycles. The number of hydrogen-bond acceptors (Lipinski definition) is 6. The number of hydrogen-bond donors (Lipinski definition) is 0. The van der Waals surface area contributed by atoms with Gasteiger partial charge in [0, 0.05) is 18.2 Å². The van der Waals surface area contributed by atoms with Crippen molar-refractivity contribution >= 4 is 23.5 Å². The highest BCUT2D eigenvalue weighted by molar-refractivity contribution is 6.12. The lowest BCUT2D eigenvalue weighted by Gasteiger charge is -2.05. The molecule has 0 N–H and O–H groups in total. The van der Waals surface area contributed by atoms with Crippen LogP contribution in [0.25, 0.3) is 6.08 Å². The molecule has 0 spiro atoms. The second-order valence-electron chi connectivity index (χ2n) is 6.58. The van der Waals surface area contributed by atoms with Crippen LogP contribution in [0, 0.1) is 10.1 Å². The number of nitro benzene ring substituents is 1. The minimum Gasteiger partial charge on any atom is -0.452 e. The first-order valence-electron chi connectivity index (χ1n) is 9.28. The number of non-ortho nitro benzene ring substituents is 1. The molecular formula is C24H15NO6. The molecule has 0 aliphatic carbocycles. The molecule has 1 aliphatic heterocycles. The van der Waals surface area contributed by atoms with Crippen LogP contribution in [0.5, 0.6) is 11.5 Å². The molecule has 0 saturated heterocycles. The topological polar surface area (TPSA) is 95.7 Å². The van der Waals surface area contributed by atoms with E-state index in [9.17, 15) is 19.7 Å². The third-order valence-electron chi connectivity index (χ3n) is 4.50. The van der Waals surface area contributed by atoms with Crippen LogP contribution in [-0.4, -0.2) is 16.7 Å². The number of ether oxygens (including phenoxy) is 2. The molecule has 3 aromatic rings. The van der Waals surface area contributed by atoms with Gasteiger partial charge in [0.05, 0.1) is 16.1 Å². The van der Waals surface area contributed by atoms with Gasteiger partial charge in [0.15, 0.2) is 5.76 Å². The van der Waals surface area contributed by atoms with Gasteiger partial charge in [-0.05, 0) is 35.9 Å². The number of carbonyl (C=O) groups is 2. The molecule has 0 radical (unpaired) electrons. The summed E-state index contributed by atoms with van der Waals surface area (Å²) in [6.45, 7) is 0. The summed E-state index contributed by atoms with van der Waals surface area (Å²) in [7, 11) is 0. The van der Waals surface area contributed by atoms with Crippen molar-refractivity contribution in [3.63, 3.8) is 0 Å². The number of allylic oxidation sites excluding steroid dienone is 3. The zero-order valence-corrected chi connectivity index (χ0v) is 16.1. The molecule has 7 nitrogen and oxygen atoms in total. The lowest BCUT2D eigenvalue weighted by atomic mass is 10.1. The first-order valence-corrected chi connectivity index (χ1v) is 9.28. The number of Topliss-reactive ketones (excluding diaryl/α,β-unsaturated/α-hetero) is 1. The summed E-state index contributed by atoms with van der Waals surface area (Å²) >= 11 is 0. The Morgan fingerprint density at radius 2 is 1.74 bits per heavy atom. The summed E-state index contributed by atoms with van der Waals surface area (Å²) in [5.41, 5.74) is 1.40. The molecule has 4 rings (SSSR count). The van der Waals surface area contributed by atoms with Crippen molar-refractivity contribution in [2.45, 2.75) is 0 Å². The third-order valence-corrected chi connectivity index (χ3v) is 4.50. The van der Waals surface area contributed by atoms with Crippen molar-refractivity contribution in [2.24, 2.45) is 0 Å². The first kappa shape index (κ1) is 19.8. The quantitative estimate of drug-likeness (QED) is 0.192. The van der Waals surface area contributed by atoms with Crippen LogP contribution in [0.1, 0.15) is 26.3 Å². The number of benzene rings is 3. The molecule has 0 aromatic heterocycles. The molecule has 0 amide bonds. The number of ketones is 1. The Kier molecular flexibility index (Phi) is 5.40. The number of carbonyl (C=O) groups excluding carboxylic acids is 2. The van der Waals surface area contributed by atoms with Crippen molar-refractivity contribution in [3.05, 3.63) is 118 Å². The van der Waals surface area contributed by atoms with Crippen molar-refractivity contribution in [1.82, 2.24) is 0 Å². The van der Waals surface area contributed by atoms with Gasteiger partial charge < -0.3 is 9.47 Å². The standard InChI is InChI=1S/C24H15NO6/c26-23-20-14-13-19(30-24(27)17-9-11-18(12-10-17)25(28)29)15-22(20)31-21(23)8-4-7-16-5-2-1-3-6-16/h1-15H/b7-4+,21-8+. The van der Waals surface area contributed by atoms with Crippen LogP contribution in [-0.2, 0) is 0 Å². The van der Waals surface area contributed by atoms with Gasteiger partial charge in [-0.15, -0.1) is 0 Å². The molecule has 0 bridgehead atoms. The summed E-state index contributed by atoms with van der Waals surface area (Å²) in [4.78, 5) is 34.9. The number of nitrogens with zero attached hydrogens (tertiary/aromatic N) is 1. The first-order chi connectivity index (χ1) is 15.0. The van der Waals surface area contributed by atoms with Crippen molar-refractivity contribution in [3.8, 4) is 11.5 Å². The Morgan fingerprint density at radius 3 is 2.45 bits per heavy atom. The molecule has 0 saturated carbocycles. The predicted molar refractivity (Wildman–Crippen MR) is 113 cm³/mol. The monoisotopic (exact) mass is 413 g/mol. The maximum atomic E-state index is 12.5. The summed E-state index contributed by atoms with van der Waals surface area (Å²) in [5.74, 6) is -0.294. The molecule has 1 heterocycles. The van der Waals surface area contributed by atoms with Gasteiger partial charge >= 0.3 is 5.97 Å². The van der Waals surface area contributed by atoms with Crippen LogP contribution in [0.15, 0.2) is 90.7 Å². The molecule has 152 valence electrons. The van der Waals surface area contributed by atoms with Crippen LogP contribution < -0.4 is 9.47 Å². The van der Waals surface area contributed by atoms with Gasteiger partial charge in [0.25, 0.3) is 5.69 Å². The highest BCUT2D eigenvalue weighted by Gasteiger charge is 2.27. The van der Waals surface area contributed by atoms with E-state index in [1.807, 2.05) is 36.4 Å². The summed E-state index contributed by atoms with van der Waals surface area (Å²) in [5, 5.41) is 10.7. The average Bonchev–Trinajstić information content (AvgIpc) is 3.09. The van der Waals surface area contributed by atoms with E-state index in [0.717, 1.165) is 5.56 Å². The number of rotatable bonds is 5. The Labute approximate surface area is 177 Å². The minimum absolute atomic E-state index is 0.123. The zero-order valence-electron chi connectivity index (χ0n) is 16.1. The van der Waals surface area contributed by atoms with E-state index in [-0.39, 0.29) is 28.5 Å². The SMILES string of the molecule is O=C(Oc1ccc2c(c1)O/C(=C/C=C/c1ccccc1)C2=O)c1ccc([N+](=O)[O-])cc1.